The number of carbonyl (C=O) groups excluding carboxylic acids is 1. The highest BCUT2D eigenvalue weighted by Crippen LogP contribution is 2.31. The Labute approximate surface area is 136 Å². The zero-order valence-corrected chi connectivity index (χ0v) is 12.9. The molecule has 0 saturated carbocycles. The van der Waals surface area contributed by atoms with Crippen LogP contribution in [0.25, 0.3) is 0 Å². The lowest BCUT2D eigenvalue weighted by atomic mass is 10.2. The van der Waals surface area contributed by atoms with E-state index in [1.807, 2.05) is 0 Å². The van der Waals surface area contributed by atoms with Crippen LogP contribution in [0.4, 0.5) is 13.2 Å². The van der Waals surface area contributed by atoms with Crippen molar-refractivity contribution in [1.29, 1.82) is 0 Å². The maximum atomic E-state index is 12.5. The summed E-state index contributed by atoms with van der Waals surface area (Å²) in [6.45, 7) is 1.57. The number of ether oxygens (including phenoxy) is 2. The van der Waals surface area contributed by atoms with Crippen molar-refractivity contribution in [3.05, 3.63) is 54.1 Å². The molecule has 0 aromatic heterocycles. The highest BCUT2D eigenvalue weighted by atomic mass is 32.1. The third kappa shape index (κ3) is 4.92. The Kier molecular flexibility index (Phi) is 5.20. The van der Waals surface area contributed by atoms with E-state index in [0.717, 1.165) is 12.1 Å². The smallest absolute Gasteiger partial charge is 0.416 e. The molecular formula is C16H13F3O3S. The van der Waals surface area contributed by atoms with Crippen molar-refractivity contribution in [2.45, 2.75) is 19.2 Å². The van der Waals surface area contributed by atoms with E-state index in [4.69, 9.17) is 9.47 Å². The molecule has 1 atom stereocenters. The van der Waals surface area contributed by atoms with Crippen molar-refractivity contribution in [3.8, 4) is 17.2 Å². The van der Waals surface area contributed by atoms with Gasteiger partial charge in [-0.25, -0.2) is 0 Å². The third-order valence-electron chi connectivity index (χ3n) is 2.90. The van der Waals surface area contributed by atoms with Gasteiger partial charge in [0.05, 0.1) is 5.56 Å². The van der Waals surface area contributed by atoms with E-state index in [0.29, 0.717) is 11.5 Å². The molecule has 0 bridgehead atoms. The molecule has 1 unspecified atom stereocenters. The molecule has 0 N–H and O–H groups in total. The number of hydrogen-bond donors (Lipinski definition) is 1. The van der Waals surface area contributed by atoms with Gasteiger partial charge in [0.1, 0.15) is 17.2 Å². The van der Waals surface area contributed by atoms with Gasteiger partial charge < -0.3 is 9.47 Å². The fourth-order valence-electron chi connectivity index (χ4n) is 1.69. The third-order valence-corrected chi connectivity index (χ3v) is 3.27. The van der Waals surface area contributed by atoms with Crippen molar-refractivity contribution in [1.82, 2.24) is 0 Å². The zero-order valence-electron chi connectivity index (χ0n) is 12.0. The molecule has 7 heteroatoms. The van der Waals surface area contributed by atoms with Crippen molar-refractivity contribution in [3.63, 3.8) is 0 Å². The molecule has 0 amide bonds. The lowest BCUT2D eigenvalue weighted by Gasteiger charge is -2.12. The van der Waals surface area contributed by atoms with Crippen LogP contribution in [0.1, 0.15) is 12.5 Å². The molecule has 2 rings (SSSR count). The van der Waals surface area contributed by atoms with Gasteiger partial charge in [0, 0.05) is 0 Å². The van der Waals surface area contributed by atoms with Crippen molar-refractivity contribution in [2.75, 3.05) is 0 Å². The summed E-state index contributed by atoms with van der Waals surface area (Å²) in [4.78, 5) is 11.0. The lowest BCUT2D eigenvalue weighted by molar-refractivity contribution is -0.137. The van der Waals surface area contributed by atoms with Crippen LogP contribution < -0.4 is 9.47 Å². The van der Waals surface area contributed by atoms with E-state index in [-0.39, 0.29) is 5.75 Å². The van der Waals surface area contributed by atoms with Crippen LogP contribution in [0, 0.1) is 0 Å². The minimum absolute atomic E-state index is 0.283. The summed E-state index contributed by atoms with van der Waals surface area (Å²) < 4.78 is 48.2. The quantitative estimate of drug-likeness (QED) is 0.799. The second kappa shape index (κ2) is 6.95. The fraction of sp³-hybridized carbons (Fsp3) is 0.188. The summed E-state index contributed by atoms with van der Waals surface area (Å²) in [5.41, 5.74) is -0.737. The molecule has 0 aliphatic carbocycles. The van der Waals surface area contributed by atoms with E-state index in [1.165, 1.54) is 12.1 Å². The highest BCUT2D eigenvalue weighted by molar-refractivity contribution is 7.96. The Bertz CT molecular complexity index is 666. The number of rotatable bonds is 5. The molecule has 0 saturated heterocycles. The predicted molar refractivity (Wildman–Crippen MR) is 82.0 cm³/mol. The summed E-state index contributed by atoms with van der Waals surface area (Å²) in [7, 11) is 0. The van der Waals surface area contributed by atoms with Gasteiger partial charge in [-0.2, -0.15) is 13.2 Å². The summed E-state index contributed by atoms with van der Waals surface area (Å²) in [5, 5.41) is -0.393. The standard InChI is InChI=1S/C16H13F3O3S/c1-10(15(20)23)21-12-6-8-14(9-7-12)22-13-4-2-11(3-5-13)16(17,18)19/h2-10H,1H3,(H,20,23). The summed E-state index contributed by atoms with van der Waals surface area (Å²) in [6.07, 6.45) is -5.06. The normalized spacial score (nSPS) is 12.6. The zero-order chi connectivity index (χ0) is 17.0. The molecule has 3 nitrogen and oxygen atoms in total. The van der Waals surface area contributed by atoms with E-state index in [1.54, 1.807) is 31.2 Å². The van der Waals surface area contributed by atoms with Crippen LogP contribution in [-0.4, -0.2) is 11.2 Å². The molecule has 122 valence electrons. The van der Waals surface area contributed by atoms with Crippen LogP contribution in [0.3, 0.4) is 0 Å². The largest absolute Gasteiger partial charge is 0.482 e. The molecule has 0 aliphatic rings. The minimum Gasteiger partial charge on any atom is -0.482 e. The number of benzene rings is 2. The van der Waals surface area contributed by atoms with E-state index in [2.05, 4.69) is 12.6 Å². The topological polar surface area (TPSA) is 35.5 Å². The molecule has 0 heterocycles. The number of thiol groups is 1. The number of alkyl halides is 3. The summed E-state index contributed by atoms with van der Waals surface area (Å²) in [5.74, 6) is 1.17. The maximum Gasteiger partial charge on any atom is 0.416 e. The molecule has 0 aliphatic heterocycles. The first-order valence-corrected chi connectivity index (χ1v) is 7.05. The first kappa shape index (κ1) is 17.2. The van der Waals surface area contributed by atoms with Crippen molar-refractivity contribution < 1.29 is 27.4 Å². The van der Waals surface area contributed by atoms with Crippen LogP contribution in [-0.2, 0) is 11.0 Å². The monoisotopic (exact) mass is 342 g/mol. The molecule has 0 radical (unpaired) electrons. The second-order valence-corrected chi connectivity index (χ2v) is 5.13. The minimum atomic E-state index is -4.38. The number of halogens is 3. The molecular weight excluding hydrogens is 329 g/mol. The van der Waals surface area contributed by atoms with Gasteiger partial charge >= 0.3 is 6.18 Å². The van der Waals surface area contributed by atoms with Crippen molar-refractivity contribution >= 4 is 17.7 Å². The average molecular weight is 342 g/mol. The molecule has 0 spiro atoms. The second-order valence-electron chi connectivity index (χ2n) is 4.69. The van der Waals surface area contributed by atoms with Crippen LogP contribution in [0.2, 0.25) is 0 Å². The molecule has 2 aromatic carbocycles. The Morgan fingerprint density at radius 1 is 0.957 bits per heavy atom. The number of hydrogen-bond acceptors (Lipinski definition) is 3. The SMILES string of the molecule is CC(Oc1ccc(Oc2ccc(C(F)(F)F)cc2)cc1)C(=O)S. The molecule has 2 aromatic rings. The molecule has 0 fully saturated rings. The van der Waals surface area contributed by atoms with Gasteiger partial charge in [-0.15, -0.1) is 12.6 Å². The lowest BCUT2D eigenvalue weighted by Crippen LogP contribution is -2.18. The summed E-state index contributed by atoms with van der Waals surface area (Å²) in [6, 6.07) is 10.7. The Morgan fingerprint density at radius 3 is 1.83 bits per heavy atom. The van der Waals surface area contributed by atoms with Crippen LogP contribution >= 0.6 is 12.6 Å². The van der Waals surface area contributed by atoms with Gasteiger partial charge in [-0.05, 0) is 55.5 Å². The first-order valence-electron chi connectivity index (χ1n) is 6.60. The van der Waals surface area contributed by atoms with Gasteiger partial charge in [-0.3, -0.25) is 4.79 Å². The van der Waals surface area contributed by atoms with Crippen LogP contribution in [0.15, 0.2) is 48.5 Å². The Hall–Kier alpha value is -2.15. The first-order chi connectivity index (χ1) is 10.8. The van der Waals surface area contributed by atoms with Gasteiger partial charge in [0.25, 0.3) is 0 Å². The van der Waals surface area contributed by atoms with Gasteiger partial charge in [0.2, 0.25) is 5.12 Å². The Morgan fingerprint density at radius 2 is 1.39 bits per heavy atom. The fourth-order valence-corrected chi connectivity index (χ4v) is 1.74. The maximum absolute atomic E-state index is 12.5. The van der Waals surface area contributed by atoms with Gasteiger partial charge in [-0.1, -0.05) is 0 Å². The predicted octanol–water partition coefficient (Wildman–Crippen LogP) is 4.72. The van der Waals surface area contributed by atoms with Crippen LogP contribution in [0.5, 0.6) is 17.2 Å². The van der Waals surface area contributed by atoms with E-state index >= 15 is 0 Å². The Balaban J connectivity index is 2.02. The van der Waals surface area contributed by atoms with Gasteiger partial charge in [0.15, 0.2) is 6.10 Å². The highest BCUT2D eigenvalue weighted by Gasteiger charge is 2.30. The van der Waals surface area contributed by atoms with Crippen molar-refractivity contribution in [2.24, 2.45) is 0 Å². The average Bonchev–Trinajstić information content (AvgIpc) is 2.49. The van der Waals surface area contributed by atoms with E-state index in [9.17, 15) is 18.0 Å². The number of carbonyl (C=O) groups is 1. The molecule has 23 heavy (non-hydrogen) atoms. The summed E-state index contributed by atoms with van der Waals surface area (Å²) >= 11 is 3.67. The van der Waals surface area contributed by atoms with E-state index < -0.39 is 23.0 Å².